The van der Waals surface area contributed by atoms with Gasteiger partial charge in [0.05, 0.1) is 0 Å². The summed E-state index contributed by atoms with van der Waals surface area (Å²) in [4.78, 5) is 32.2. The normalized spacial score (nSPS) is 14.0. The lowest BCUT2D eigenvalue weighted by Gasteiger charge is -2.11. The van der Waals surface area contributed by atoms with Gasteiger partial charge in [-0.1, -0.05) is 0 Å². The van der Waals surface area contributed by atoms with Crippen LogP contribution in [0.5, 0.6) is 0 Å². The summed E-state index contributed by atoms with van der Waals surface area (Å²) in [5.74, 6) is -1.85. The van der Waals surface area contributed by atoms with Crippen LogP contribution < -0.4 is 10.6 Å². The number of amides is 3. The first kappa shape index (κ1) is 15.3. The van der Waals surface area contributed by atoms with Gasteiger partial charge in [-0.25, -0.2) is 9.59 Å². The molecule has 17 heavy (non-hydrogen) atoms. The number of rotatable bonds is 5. The van der Waals surface area contributed by atoms with E-state index >= 15 is 0 Å². The lowest BCUT2D eigenvalue weighted by molar-refractivity contribution is -0.131. The highest BCUT2D eigenvalue weighted by atomic mass is 32.2. The van der Waals surface area contributed by atoms with Crippen molar-refractivity contribution in [2.45, 2.75) is 13.0 Å². The van der Waals surface area contributed by atoms with Crippen molar-refractivity contribution in [1.82, 2.24) is 10.6 Å². The highest BCUT2D eigenvalue weighted by Crippen LogP contribution is 1.85. The van der Waals surface area contributed by atoms with Gasteiger partial charge >= 0.3 is 12.0 Å². The summed E-state index contributed by atoms with van der Waals surface area (Å²) in [7, 11) is -1.05. The van der Waals surface area contributed by atoms with Crippen molar-refractivity contribution in [3.63, 3.8) is 0 Å². The maximum absolute atomic E-state index is 11.2. The fourth-order valence-electron chi connectivity index (χ4n) is 0.954. The van der Waals surface area contributed by atoms with Crippen molar-refractivity contribution in [2.24, 2.45) is 0 Å². The second-order valence-electron chi connectivity index (χ2n) is 3.28. The van der Waals surface area contributed by atoms with Crippen molar-refractivity contribution < 1.29 is 23.7 Å². The Kier molecular flexibility index (Phi) is 6.80. The minimum absolute atomic E-state index is 0.270. The van der Waals surface area contributed by atoms with Crippen LogP contribution in [0.4, 0.5) is 4.79 Å². The van der Waals surface area contributed by atoms with E-state index in [4.69, 9.17) is 5.11 Å². The summed E-state index contributed by atoms with van der Waals surface area (Å²) in [5.41, 5.74) is 0. The van der Waals surface area contributed by atoms with Gasteiger partial charge < -0.3 is 10.4 Å². The number of aliphatic carboxylic acids is 1. The van der Waals surface area contributed by atoms with Crippen LogP contribution in [0.2, 0.25) is 0 Å². The molecular formula is C9H14N2O5S. The van der Waals surface area contributed by atoms with Crippen LogP contribution in [-0.2, 0) is 20.4 Å². The van der Waals surface area contributed by atoms with E-state index in [2.05, 4.69) is 5.32 Å². The molecule has 96 valence electrons. The van der Waals surface area contributed by atoms with Gasteiger partial charge in [0.15, 0.2) is 0 Å². The average molecular weight is 262 g/mol. The van der Waals surface area contributed by atoms with Crippen LogP contribution in [-0.4, -0.2) is 45.3 Å². The second-order valence-corrected chi connectivity index (χ2v) is 4.75. The smallest absolute Gasteiger partial charge is 0.328 e. The average Bonchev–Trinajstić information content (AvgIpc) is 2.12. The lowest BCUT2D eigenvalue weighted by atomic mass is 10.4. The third kappa shape index (κ3) is 9.24. The Morgan fingerprint density at radius 1 is 1.35 bits per heavy atom. The summed E-state index contributed by atoms with van der Waals surface area (Å²) >= 11 is 0. The number of hydrogen-bond acceptors (Lipinski definition) is 4. The SMILES string of the molecule is CC(CS(C)=O)NC(=O)NC(=O)/C=C/C(=O)O. The van der Waals surface area contributed by atoms with Crippen LogP contribution in [0.3, 0.4) is 0 Å². The van der Waals surface area contributed by atoms with Gasteiger partial charge in [0.1, 0.15) is 0 Å². The topological polar surface area (TPSA) is 113 Å². The molecule has 0 saturated carbocycles. The molecule has 0 aliphatic heterocycles. The van der Waals surface area contributed by atoms with Gasteiger partial charge in [-0.3, -0.25) is 14.3 Å². The predicted octanol–water partition coefficient (Wildman–Crippen LogP) is -0.780. The van der Waals surface area contributed by atoms with Gasteiger partial charge in [0.2, 0.25) is 0 Å². The van der Waals surface area contributed by atoms with E-state index < -0.39 is 28.7 Å². The van der Waals surface area contributed by atoms with Gasteiger partial charge in [-0.2, -0.15) is 0 Å². The highest BCUT2D eigenvalue weighted by Gasteiger charge is 2.10. The number of carboxylic acid groups (broad SMARTS) is 1. The van der Waals surface area contributed by atoms with Gasteiger partial charge in [0, 0.05) is 41.0 Å². The molecule has 3 amide bonds. The van der Waals surface area contributed by atoms with Gasteiger partial charge in [-0.15, -0.1) is 0 Å². The lowest BCUT2D eigenvalue weighted by Crippen LogP contribution is -2.44. The van der Waals surface area contributed by atoms with Crippen molar-refractivity contribution >= 4 is 28.7 Å². The Morgan fingerprint density at radius 3 is 2.41 bits per heavy atom. The van der Waals surface area contributed by atoms with E-state index in [-0.39, 0.29) is 11.8 Å². The molecule has 0 radical (unpaired) electrons. The number of hydrogen-bond donors (Lipinski definition) is 3. The second kappa shape index (κ2) is 7.55. The van der Waals surface area contributed by atoms with Crippen LogP contribution in [0.25, 0.3) is 0 Å². The Hall–Kier alpha value is -1.70. The standard InChI is InChI=1S/C9H14N2O5S/c1-6(5-17(2)16)10-9(15)11-7(12)3-4-8(13)14/h3-4,6H,5H2,1-2H3,(H,13,14)(H2,10,11,12,15)/b4-3+. The van der Waals surface area contributed by atoms with Crippen molar-refractivity contribution in [3.05, 3.63) is 12.2 Å². The first-order chi connectivity index (χ1) is 7.81. The van der Waals surface area contributed by atoms with E-state index in [1.54, 1.807) is 6.92 Å². The van der Waals surface area contributed by atoms with Crippen molar-refractivity contribution in [2.75, 3.05) is 12.0 Å². The highest BCUT2D eigenvalue weighted by molar-refractivity contribution is 7.84. The minimum atomic E-state index is -1.28. The molecule has 2 unspecified atom stereocenters. The maximum atomic E-state index is 11.2. The largest absolute Gasteiger partial charge is 0.478 e. The van der Waals surface area contributed by atoms with Crippen LogP contribution in [0.15, 0.2) is 12.2 Å². The fraction of sp³-hybridized carbons (Fsp3) is 0.444. The third-order valence-electron chi connectivity index (χ3n) is 1.48. The Labute approximate surface area is 101 Å². The van der Waals surface area contributed by atoms with E-state index in [9.17, 15) is 18.6 Å². The zero-order valence-corrected chi connectivity index (χ0v) is 10.2. The molecule has 0 saturated heterocycles. The Bertz CT molecular complexity index is 366. The summed E-state index contributed by atoms with van der Waals surface area (Å²) < 4.78 is 10.8. The van der Waals surface area contributed by atoms with E-state index in [1.165, 1.54) is 6.26 Å². The Balaban J connectivity index is 4.05. The fourth-order valence-corrected chi connectivity index (χ4v) is 1.74. The number of carboxylic acids is 1. The molecule has 0 heterocycles. The zero-order chi connectivity index (χ0) is 13.4. The molecular weight excluding hydrogens is 248 g/mol. The van der Waals surface area contributed by atoms with Crippen molar-refractivity contribution in [1.29, 1.82) is 0 Å². The van der Waals surface area contributed by atoms with Gasteiger partial charge in [0.25, 0.3) is 5.91 Å². The number of imide groups is 1. The molecule has 0 fully saturated rings. The minimum Gasteiger partial charge on any atom is -0.478 e. The summed E-state index contributed by atoms with van der Waals surface area (Å²) in [5, 5.41) is 12.5. The summed E-state index contributed by atoms with van der Waals surface area (Å²) in [6.07, 6.45) is 2.84. The molecule has 0 aliphatic carbocycles. The number of nitrogens with one attached hydrogen (secondary N) is 2. The molecule has 8 heteroatoms. The molecule has 0 rings (SSSR count). The number of urea groups is 1. The molecule has 0 bridgehead atoms. The summed E-state index contributed by atoms with van der Waals surface area (Å²) in [6, 6.07) is -1.11. The quantitative estimate of drug-likeness (QED) is 0.563. The summed E-state index contributed by atoms with van der Waals surface area (Å²) in [6.45, 7) is 1.64. The molecule has 0 aromatic heterocycles. The van der Waals surface area contributed by atoms with E-state index in [0.29, 0.717) is 6.08 Å². The van der Waals surface area contributed by atoms with Crippen LogP contribution in [0, 0.1) is 0 Å². The van der Waals surface area contributed by atoms with E-state index in [0.717, 1.165) is 6.08 Å². The molecule has 3 N–H and O–H groups in total. The predicted molar refractivity (Wildman–Crippen MR) is 61.8 cm³/mol. The number of carbonyl (C=O) groups excluding carboxylic acids is 2. The molecule has 0 aromatic carbocycles. The molecule has 0 aromatic rings. The van der Waals surface area contributed by atoms with Gasteiger partial charge in [-0.05, 0) is 6.92 Å². The Morgan fingerprint density at radius 2 is 1.94 bits per heavy atom. The molecule has 0 aliphatic rings. The third-order valence-corrected chi connectivity index (χ3v) is 2.45. The monoisotopic (exact) mass is 262 g/mol. The van der Waals surface area contributed by atoms with E-state index in [1.807, 2.05) is 5.32 Å². The zero-order valence-electron chi connectivity index (χ0n) is 9.43. The first-order valence-electron chi connectivity index (χ1n) is 4.63. The van der Waals surface area contributed by atoms with Crippen LogP contribution >= 0.6 is 0 Å². The first-order valence-corrected chi connectivity index (χ1v) is 6.36. The van der Waals surface area contributed by atoms with Crippen LogP contribution in [0.1, 0.15) is 6.92 Å². The molecule has 2 atom stereocenters. The maximum Gasteiger partial charge on any atom is 0.328 e. The van der Waals surface area contributed by atoms with Crippen molar-refractivity contribution in [3.8, 4) is 0 Å². The number of carbonyl (C=O) groups is 3. The molecule has 0 spiro atoms. The molecule has 7 nitrogen and oxygen atoms in total.